The van der Waals surface area contributed by atoms with E-state index in [2.05, 4.69) is 32.8 Å². The third-order valence-corrected chi connectivity index (χ3v) is 6.74. The standard InChI is InChI=1S/C20H23N5OS/c1-7-27(26)20-18(16-10-24-17(22-16)8-11(2)9-21-24)23-25-15(6)13(4)12(3)14(5)19(20)25/h8-10H,7H2,1-6H3. The van der Waals surface area contributed by atoms with E-state index in [1.54, 1.807) is 10.7 Å². The monoisotopic (exact) mass is 381 g/mol. The molecule has 7 heteroatoms. The first-order chi connectivity index (χ1) is 12.8. The lowest BCUT2D eigenvalue weighted by atomic mass is 10.0. The SMILES string of the molecule is CCS(=O)c1c(-c2cn3ncc(C)cc3n2)nn2c(C)c(C)c(C)c(C)c12. The maximum atomic E-state index is 13.0. The van der Waals surface area contributed by atoms with Crippen molar-refractivity contribution in [2.24, 2.45) is 0 Å². The number of hydrogen-bond acceptors (Lipinski definition) is 4. The highest BCUT2D eigenvalue weighted by Crippen LogP contribution is 2.34. The molecule has 4 aromatic rings. The Kier molecular flexibility index (Phi) is 4.14. The van der Waals surface area contributed by atoms with Gasteiger partial charge in [-0.05, 0) is 62.9 Å². The topological polar surface area (TPSA) is 64.6 Å². The molecule has 0 saturated carbocycles. The smallest absolute Gasteiger partial charge is 0.154 e. The molecule has 1 unspecified atom stereocenters. The van der Waals surface area contributed by atoms with Gasteiger partial charge in [0.2, 0.25) is 0 Å². The summed E-state index contributed by atoms with van der Waals surface area (Å²) in [4.78, 5) is 5.48. The third kappa shape index (κ3) is 2.60. The highest BCUT2D eigenvalue weighted by molar-refractivity contribution is 7.85. The van der Waals surface area contributed by atoms with Crippen LogP contribution in [-0.2, 0) is 10.8 Å². The Morgan fingerprint density at radius 3 is 2.52 bits per heavy atom. The van der Waals surface area contributed by atoms with Gasteiger partial charge in [-0.25, -0.2) is 14.0 Å². The average molecular weight is 382 g/mol. The highest BCUT2D eigenvalue weighted by Gasteiger charge is 2.25. The summed E-state index contributed by atoms with van der Waals surface area (Å²) in [5, 5.41) is 9.23. The number of rotatable bonds is 3. The largest absolute Gasteiger partial charge is 0.254 e. The second-order valence-corrected chi connectivity index (χ2v) is 8.67. The molecule has 0 bridgehead atoms. The minimum absolute atomic E-state index is 0.532. The minimum atomic E-state index is -1.16. The van der Waals surface area contributed by atoms with Crippen molar-refractivity contribution in [3.05, 3.63) is 46.4 Å². The molecule has 0 saturated heterocycles. The van der Waals surface area contributed by atoms with Crippen LogP contribution < -0.4 is 0 Å². The molecule has 0 amide bonds. The first kappa shape index (κ1) is 17.9. The van der Waals surface area contributed by atoms with E-state index >= 15 is 0 Å². The minimum Gasteiger partial charge on any atom is -0.254 e. The summed E-state index contributed by atoms with van der Waals surface area (Å²) < 4.78 is 16.7. The molecule has 0 N–H and O–H groups in total. The van der Waals surface area contributed by atoms with Crippen LogP contribution in [0.4, 0.5) is 0 Å². The van der Waals surface area contributed by atoms with Crippen molar-refractivity contribution in [3.63, 3.8) is 0 Å². The quantitative estimate of drug-likeness (QED) is 0.543. The fraction of sp³-hybridized carbons (Fsp3) is 0.350. The van der Waals surface area contributed by atoms with Crippen molar-refractivity contribution in [1.82, 2.24) is 24.2 Å². The van der Waals surface area contributed by atoms with Gasteiger partial charge in [0.25, 0.3) is 0 Å². The van der Waals surface area contributed by atoms with E-state index in [1.165, 1.54) is 11.1 Å². The molecule has 4 rings (SSSR count). The molecule has 0 aliphatic rings. The number of imidazole rings is 1. The van der Waals surface area contributed by atoms with Crippen molar-refractivity contribution in [2.45, 2.75) is 46.4 Å². The molecule has 0 aliphatic carbocycles. The van der Waals surface area contributed by atoms with Gasteiger partial charge in [0.05, 0.1) is 33.6 Å². The fourth-order valence-electron chi connectivity index (χ4n) is 3.48. The van der Waals surface area contributed by atoms with Crippen LogP contribution in [0.2, 0.25) is 0 Å². The summed E-state index contributed by atoms with van der Waals surface area (Å²) >= 11 is 0. The second-order valence-electron chi connectivity index (χ2n) is 6.99. The summed E-state index contributed by atoms with van der Waals surface area (Å²) in [6, 6.07) is 1.98. The van der Waals surface area contributed by atoms with Gasteiger partial charge in [-0.2, -0.15) is 10.2 Å². The van der Waals surface area contributed by atoms with Gasteiger partial charge >= 0.3 is 0 Å². The van der Waals surface area contributed by atoms with E-state index in [0.29, 0.717) is 17.1 Å². The molecular formula is C20H23N5OS. The van der Waals surface area contributed by atoms with Crippen LogP contribution in [0.15, 0.2) is 23.4 Å². The Labute approximate surface area is 160 Å². The highest BCUT2D eigenvalue weighted by atomic mass is 32.2. The lowest BCUT2D eigenvalue weighted by Gasteiger charge is -2.12. The summed E-state index contributed by atoms with van der Waals surface area (Å²) in [7, 11) is -1.16. The zero-order valence-electron chi connectivity index (χ0n) is 16.5. The molecule has 1 atom stereocenters. The van der Waals surface area contributed by atoms with E-state index in [9.17, 15) is 4.21 Å². The van der Waals surface area contributed by atoms with E-state index < -0.39 is 10.8 Å². The van der Waals surface area contributed by atoms with Gasteiger partial charge in [-0.3, -0.25) is 4.21 Å². The second kappa shape index (κ2) is 6.27. The summed E-state index contributed by atoms with van der Waals surface area (Å²) in [6.45, 7) is 12.3. The molecular weight excluding hydrogens is 358 g/mol. The molecule has 27 heavy (non-hydrogen) atoms. The van der Waals surface area contributed by atoms with Crippen LogP contribution in [0.3, 0.4) is 0 Å². The molecule has 0 aliphatic heterocycles. The van der Waals surface area contributed by atoms with E-state index in [0.717, 1.165) is 32.9 Å². The number of aryl methyl sites for hydroxylation is 3. The number of aromatic nitrogens is 5. The molecule has 0 aromatic carbocycles. The predicted octanol–water partition coefficient (Wildman–Crippen LogP) is 3.71. The van der Waals surface area contributed by atoms with Gasteiger partial charge in [-0.1, -0.05) is 6.92 Å². The van der Waals surface area contributed by atoms with Gasteiger partial charge in [0, 0.05) is 11.4 Å². The first-order valence-electron chi connectivity index (χ1n) is 9.03. The summed E-state index contributed by atoms with van der Waals surface area (Å²) in [6.07, 6.45) is 3.66. The lowest BCUT2D eigenvalue weighted by Crippen LogP contribution is -2.03. The zero-order valence-corrected chi connectivity index (χ0v) is 17.3. The zero-order chi connectivity index (χ0) is 19.5. The maximum absolute atomic E-state index is 13.0. The van der Waals surface area contributed by atoms with Gasteiger partial charge in [0.15, 0.2) is 5.65 Å². The van der Waals surface area contributed by atoms with Crippen LogP contribution >= 0.6 is 0 Å². The molecule has 0 fully saturated rings. The summed E-state index contributed by atoms with van der Waals surface area (Å²) in [5.74, 6) is 0.532. The average Bonchev–Trinajstić information content (AvgIpc) is 3.25. The van der Waals surface area contributed by atoms with Crippen LogP contribution in [-0.4, -0.2) is 34.2 Å². The van der Waals surface area contributed by atoms with Crippen LogP contribution in [0.1, 0.15) is 34.9 Å². The van der Waals surface area contributed by atoms with Crippen molar-refractivity contribution in [1.29, 1.82) is 0 Å². The Morgan fingerprint density at radius 2 is 1.81 bits per heavy atom. The Morgan fingerprint density at radius 1 is 1.07 bits per heavy atom. The lowest BCUT2D eigenvalue weighted by molar-refractivity contribution is 0.684. The van der Waals surface area contributed by atoms with Crippen molar-refractivity contribution in [2.75, 3.05) is 5.75 Å². The van der Waals surface area contributed by atoms with Crippen LogP contribution in [0, 0.1) is 34.6 Å². The van der Waals surface area contributed by atoms with Gasteiger partial charge in [0.1, 0.15) is 11.4 Å². The molecule has 6 nitrogen and oxygen atoms in total. The van der Waals surface area contributed by atoms with E-state index in [-0.39, 0.29) is 0 Å². The summed E-state index contributed by atoms with van der Waals surface area (Å²) in [5.41, 5.74) is 8.71. The van der Waals surface area contributed by atoms with Gasteiger partial charge in [-0.15, -0.1) is 0 Å². The van der Waals surface area contributed by atoms with Crippen molar-refractivity contribution in [3.8, 4) is 11.4 Å². The number of pyridine rings is 1. The Bertz CT molecular complexity index is 1230. The van der Waals surface area contributed by atoms with E-state index in [1.807, 2.05) is 30.6 Å². The number of hydrogen-bond donors (Lipinski definition) is 0. The predicted molar refractivity (Wildman–Crippen MR) is 108 cm³/mol. The molecule has 4 aromatic heterocycles. The molecule has 4 heterocycles. The normalized spacial score (nSPS) is 13.0. The van der Waals surface area contributed by atoms with Crippen molar-refractivity contribution < 1.29 is 4.21 Å². The van der Waals surface area contributed by atoms with Crippen LogP contribution in [0.25, 0.3) is 22.6 Å². The number of fused-ring (bicyclic) bond motifs is 2. The molecule has 0 spiro atoms. The van der Waals surface area contributed by atoms with E-state index in [4.69, 9.17) is 10.1 Å². The maximum Gasteiger partial charge on any atom is 0.154 e. The van der Waals surface area contributed by atoms with Crippen LogP contribution in [0.5, 0.6) is 0 Å². The molecule has 0 radical (unpaired) electrons. The third-order valence-electron chi connectivity index (χ3n) is 5.37. The van der Waals surface area contributed by atoms with Crippen molar-refractivity contribution >= 4 is 22.0 Å². The molecule has 140 valence electrons. The first-order valence-corrected chi connectivity index (χ1v) is 10.3. The Hall–Kier alpha value is -2.54. The Balaban J connectivity index is 2.11. The number of nitrogens with zero attached hydrogens (tertiary/aromatic N) is 5. The van der Waals surface area contributed by atoms with Gasteiger partial charge < -0.3 is 0 Å². The fourth-order valence-corrected chi connectivity index (χ4v) is 4.58.